The van der Waals surface area contributed by atoms with E-state index in [-0.39, 0.29) is 24.5 Å². The summed E-state index contributed by atoms with van der Waals surface area (Å²) in [7, 11) is 0. The normalized spacial score (nSPS) is 10.0. The third-order valence-electron chi connectivity index (χ3n) is 2.35. The van der Waals surface area contributed by atoms with E-state index >= 15 is 0 Å². The van der Waals surface area contributed by atoms with Crippen LogP contribution in [-0.4, -0.2) is 34.4 Å². The fourth-order valence-electron chi connectivity index (χ4n) is 1.51. The molecular formula is C13H16N2O4S. The van der Waals surface area contributed by atoms with Crippen molar-refractivity contribution in [2.75, 3.05) is 16.8 Å². The van der Waals surface area contributed by atoms with E-state index < -0.39 is 11.9 Å². The Bertz CT molecular complexity index is 505. The second kappa shape index (κ2) is 8.21. The average molecular weight is 296 g/mol. The van der Waals surface area contributed by atoms with Gasteiger partial charge in [-0.05, 0) is 11.6 Å². The lowest BCUT2D eigenvalue weighted by atomic mass is 10.1. The summed E-state index contributed by atoms with van der Waals surface area (Å²) in [6, 6.07) is 6.76. The molecule has 1 aromatic rings. The van der Waals surface area contributed by atoms with Crippen molar-refractivity contribution in [1.82, 2.24) is 0 Å². The molecule has 0 spiro atoms. The maximum absolute atomic E-state index is 11.7. The molecule has 0 unspecified atom stereocenters. The fraction of sp³-hybridized carbons (Fsp3) is 0.308. The van der Waals surface area contributed by atoms with Gasteiger partial charge in [0, 0.05) is 17.9 Å². The number of carboxylic acid groups (broad SMARTS) is 1. The van der Waals surface area contributed by atoms with Gasteiger partial charge in [0.15, 0.2) is 0 Å². The molecule has 2 amide bonds. The third kappa shape index (κ3) is 6.24. The summed E-state index contributed by atoms with van der Waals surface area (Å²) in [6.07, 6.45) is 0.0895. The highest BCUT2D eigenvalue weighted by atomic mass is 32.2. The summed E-state index contributed by atoms with van der Waals surface area (Å²) < 4.78 is 0. The Balaban J connectivity index is 2.49. The molecule has 0 bridgehead atoms. The molecule has 0 aliphatic carbocycles. The Labute approximate surface area is 120 Å². The smallest absolute Gasteiger partial charge is 0.307 e. The summed E-state index contributed by atoms with van der Waals surface area (Å²) in [5, 5.41) is 11.5. The SMILES string of the molecule is NC(=O)CSCCC(=O)Nc1ccccc1CC(=O)O. The molecule has 0 saturated heterocycles. The zero-order valence-corrected chi connectivity index (χ0v) is 11.6. The highest BCUT2D eigenvalue weighted by molar-refractivity contribution is 7.99. The number of rotatable bonds is 8. The number of nitrogens with two attached hydrogens (primary N) is 1. The van der Waals surface area contributed by atoms with Crippen LogP contribution >= 0.6 is 11.8 Å². The van der Waals surface area contributed by atoms with Crippen LogP contribution in [0.2, 0.25) is 0 Å². The molecule has 0 aliphatic rings. The second-order valence-electron chi connectivity index (χ2n) is 4.04. The number of para-hydroxylation sites is 1. The summed E-state index contributed by atoms with van der Waals surface area (Å²) in [6.45, 7) is 0. The lowest BCUT2D eigenvalue weighted by Gasteiger charge is -2.09. The van der Waals surface area contributed by atoms with Gasteiger partial charge < -0.3 is 16.2 Å². The first kappa shape index (κ1) is 16.0. The summed E-state index contributed by atoms with van der Waals surface area (Å²) in [5.41, 5.74) is 6.04. The van der Waals surface area contributed by atoms with Gasteiger partial charge in [0.05, 0.1) is 12.2 Å². The van der Waals surface area contributed by atoms with Crippen molar-refractivity contribution in [3.63, 3.8) is 0 Å². The Kier molecular flexibility index (Phi) is 6.58. The van der Waals surface area contributed by atoms with E-state index in [9.17, 15) is 14.4 Å². The van der Waals surface area contributed by atoms with Crippen LogP contribution in [-0.2, 0) is 20.8 Å². The first-order chi connectivity index (χ1) is 9.49. The third-order valence-corrected chi connectivity index (χ3v) is 3.33. The highest BCUT2D eigenvalue weighted by Crippen LogP contribution is 2.16. The lowest BCUT2D eigenvalue weighted by Crippen LogP contribution is -2.16. The van der Waals surface area contributed by atoms with E-state index in [0.717, 1.165) is 0 Å². The van der Waals surface area contributed by atoms with E-state index in [1.54, 1.807) is 24.3 Å². The van der Waals surface area contributed by atoms with E-state index in [1.165, 1.54) is 11.8 Å². The molecule has 6 nitrogen and oxygen atoms in total. The number of primary amides is 1. The van der Waals surface area contributed by atoms with Crippen LogP contribution < -0.4 is 11.1 Å². The molecule has 108 valence electrons. The van der Waals surface area contributed by atoms with Gasteiger partial charge in [-0.15, -0.1) is 0 Å². The maximum Gasteiger partial charge on any atom is 0.307 e. The van der Waals surface area contributed by atoms with Gasteiger partial charge in [0.25, 0.3) is 0 Å². The van der Waals surface area contributed by atoms with Gasteiger partial charge in [-0.25, -0.2) is 0 Å². The minimum Gasteiger partial charge on any atom is -0.481 e. The number of aliphatic carboxylic acids is 1. The van der Waals surface area contributed by atoms with Crippen molar-refractivity contribution < 1.29 is 19.5 Å². The van der Waals surface area contributed by atoms with Crippen LogP contribution in [0, 0.1) is 0 Å². The number of carboxylic acids is 1. The zero-order chi connectivity index (χ0) is 15.0. The number of thioether (sulfide) groups is 1. The summed E-state index contributed by atoms with van der Waals surface area (Å²) >= 11 is 1.29. The van der Waals surface area contributed by atoms with E-state index in [0.29, 0.717) is 17.0 Å². The second-order valence-corrected chi connectivity index (χ2v) is 5.15. The van der Waals surface area contributed by atoms with Crippen molar-refractivity contribution in [1.29, 1.82) is 0 Å². The van der Waals surface area contributed by atoms with E-state index in [4.69, 9.17) is 10.8 Å². The molecular weight excluding hydrogens is 280 g/mol. The molecule has 0 saturated carbocycles. The highest BCUT2D eigenvalue weighted by Gasteiger charge is 2.09. The first-order valence-electron chi connectivity index (χ1n) is 5.94. The zero-order valence-electron chi connectivity index (χ0n) is 10.8. The number of hydrogen-bond acceptors (Lipinski definition) is 4. The largest absolute Gasteiger partial charge is 0.481 e. The van der Waals surface area contributed by atoms with Crippen LogP contribution in [0.4, 0.5) is 5.69 Å². The summed E-state index contributed by atoms with van der Waals surface area (Å²) in [5.74, 6) is -0.926. The first-order valence-corrected chi connectivity index (χ1v) is 7.10. The van der Waals surface area contributed by atoms with E-state index in [2.05, 4.69) is 5.32 Å². The van der Waals surface area contributed by atoms with Gasteiger partial charge >= 0.3 is 5.97 Å². The molecule has 4 N–H and O–H groups in total. The Hall–Kier alpha value is -2.02. The van der Waals surface area contributed by atoms with Gasteiger partial charge in [-0.2, -0.15) is 11.8 Å². The van der Waals surface area contributed by atoms with Crippen molar-refractivity contribution in [2.45, 2.75) is 12.8 Å². The Morgan fingerprint density at radius 1 is 1.25 bits per heavy atom. The monoisotopic (exact) mass is 296 g/mol. The van der Waals surface area contributed by atoms with E-state index in [1.807, 2.05) is 0 Å². The molecule has 0 heterocycles. The molecule has 1 aromatic carbocycles. The van der Waals surface area contributed by atoms with Crippen molar-refractivity contribution in [3.8, 4) is 0 Å². The molecule has 7 heteroatoms. The molecule has 0 aromatic heterocycles. The van der Waals surface area contributed by atoms with Crippen LogP contribution in [0.1, 0.15) is 12.0 Å². The fourth-order valence-corrected chi connectivity index (χ4v) is 2.18. The van der Waals surface area contributed by atoms with Gasteiger partial charge in [-0.3, -0.25) is 14.4 Å². The number of anilines is 1. The molecule has 0 atom stereocenters. The number of hydrogen-bond donors (Lipinski definition) is 3. The minimum absolute atomic E-state index is 0.146. The molecule has 1 rings (SSSR count). The predicted molar refractivity (Wildman–Crippen MR) is 77.5 cm³/mol. The quantitative estimate of drug-likeness (QED) is 0.616. The van der Waals surface area contributed by atoms with Crippen molar-refractivity contribution in [2.24, 2.45) is 5.73 Å². The summed E-state index contributed by atoms with van der Waals surface area (Å²) in [4.78, 5) is 33.0. The Morgan fingerprint density at radius 2 is 1.95 bits per heavy atom. The molecule has 0 fully saturated rings. The lowest BCUT2D eigenvalue weighted by molar-refractivity contribution is -0.136. The number of benzene rings is 1. The van der Waals surface area contributed by atoms with Gasteiger partial charge in [-0.1, -0.05) is 18.2 Å². The number of nitrogens with one attached hydrogen (secondary N) is 1. The standard InChI is InChI=1S/C13H16N2O4S/c14-11(16)8-20-6-5-12(17)15-10-4-2-1-3-9(10)7-13(18)19/h1-4H,5-8H2,(H2,14,16)(H,15,17)(H,18,19). The number of carbonyl (C=O) groups is 3. The van der Waals surface area contributed by atoms with Gasteiger partial charge in [0.2, 0.25) is 11.8 Å². The van der Waals surface area contributed by atoms with Crippen LogP contribution in [0.25, 0.3) is 0 Å². The maximum atomic E-state index is 11.7. The molecule has 20 heavy (non-hydrogen) atoms. The van der Waals surface area contributed by atoms with Crippen LogP contribution in [0.15, 0.2) is 24.3 Å². The average Bonchev–Trinajstić information content (AvgIpc) is 2.36. The molecule has 0 aliphatic heterocycles. The topological polar surface area (TPSA) is 109 Å². The predicted octanol–water partition coefficient (Wildman–Crippen LogP) is 0.861. The van der Waals surface area contributed by atoms with Crippen molar-refractivity contribution in [3.05, 3.63) is 29.8 Å². The minimum atomic E-state index is -0.955. The van der Waals surface area contributed by atoms with Gasteiger partial charge in [0.1, 0.15) is 0 Å². The number of amides is 2. The van der Waals surface area contributed by atoms with Crippen LogP contribution in [0.3, 0.4) is 0 Å². The van der Waals surface area contributed by atoms with Crippen LogP contribution in [0.5, 0.6) is 0 Å². The molecule has 0 radical (unpaired) electrons. The van der Waals surface area contributed by atoms with Crippen molar-refractivity contribution >= 4 is 35.2 Å². The number of carbonyl (C=O) groups excluding carboxylic acids is 2. The Morgan fingerprint density at radius 3 is 2.60 bits per heavy atom.